The zero-order chi connectivity index (χ0) is 16.4. The van der Waals surface area contributed by atoms with Crippen molar-refractivity contribution in [3.8, 4) is 0 Å². The predicted molar refractivity (Wildman–Crippen MR) is 90.3 cm³/mol. The van der Waals surface area contributed by atoms with Crippen LogP contribution in [-0.4, -0.2) is 28.8 Å². The number of likely N-dealkylation sites (tertiary alicyclic amines) is 1. The number of amides is 1. The van der Waals surface area contributed by atoms with Gasteiger partial charge in [0.2, 0.25) is 0 Å². The number of nitrogens with zero attached hydrogens (tertiary/aromatic N) is 2. The molecule has 5 nitrogen and oxygen atoms in total. The molecule has 0 spiro atoms. The van der Waals surface area contributed by atoms with Gasteiger partial charge < -0.3 is 4.90 Å². The summed E-state index contributed by atoms with van der Waals surface area (Å²) in [6, 6.07) is 6.35. The molecule has 1 aliphatic heterocycles. The summed E-state index contributed by atoms with van der Waals surface area (Å²) >= 11 is 7.48. The summed E-state index contributed by atoms with van der Waals surface area (Å²) in [5.74, 6) is 0.318. The summed E-state index contributed by atoms with van der Waals surface area (Å²) in [4.78, 5) is 24.7. The van der Waals surface area contributed by atoms with Crippen LogP contribution in [0, 0.1) is 10.1 Å². The summed E-state index contributed by atoms with van der Waals surface area (Å²) < 4.78 is 0. The second-order valence-electron chi connectivity index (χ2n) is 5.55. The molecule has 0 bridgehead atoms. The molecule has 0 N–H and O–H groups in total. The van der Waals surface area contributed by atoms with Crippen LogP contribution < -0.4 is 0 Å². The molecular weight excluding hydrogens is 336 g/mol. The van der Waals surface area contributed by atoms with Crippen LogP contribution >= 0.6 is 22.9 Å². The lowest BCUT2D eigenvalue weighted by Gasteiger charge is -2.31. The molecular formula is C16H15ClN2O3S. The van der Waals surface area contributed by atoms with Crippen molar-refractivity contribution in [2.75, 3.05) is 13.1 Å². The van der Waals surface area contributed by atoms with E-state index in [0.717, 1.165) is 12.8 Å². The molecule has 1 aliphatic rings. The SMILES string of the molecule is O=C(c1ccc(Cl)c([N+](=O)[O-])c1)N1CCC(c2ccsc2)CC1. The molecule has 7 heteroatoms. The van der Waals surface area contributed by atoms with E-state index in [1.807, 2.05) is 0 Å². The van der Waals surface area contributed by atoms with Gasteiger partial charge >= 0.3 is 0 Å². The third-order valence-electron chi connectivity index (χ3n) is 4.19. The topological polar surface area (TPSA) is 63.4 Å². The van der Waals surface area contributed by atoms with Crippen LogP contribution in [0.1, 0.15) is 34.7 Å². The van der Waals surface area contributed by atoms with Gasteiger partial charge in [-0.2, -0.15) is 11.3 Å². The Kier molecular flexibility index (Phi) is 4.63. The van der Waals surface area contributed by atoms with E-state index in [0.29, 0.717) is 24.6 Å². The first-order valence-corrected chi connectivity index (χ1v) is 8.63. The van der Waals surface area contributed by atoms with Gasteiger partial charge in [-0.05, 0) is 53.3 Å². The second kappa shape index (κ2) is 6.68. The van der Waals surface area contributed by atoms with Gasteiger partial charge in [-0.3, -0.25) is 14.9 Å². The Morgan fingerprint density at radius 2 is 2.04 bits per heavy atom. The monoisotopic (exact) mass is 350 g/mol. The van der Waals surface area contributed by atoms with Gasteiger partial charge in [-0.1, -0.05) is 11.6 Å². The van der Waals surface area contributed by atoms with Crippen molar-refractivity contribution in [1.82, 2.24) is 4.90 Å². The Bertz CT molecular complexity index is 725. The number of carbonyl (C=O) groups is 1. The van der Waals surface area contributed by atoms with Crippen molar-refractivity contribution < 1.29 is 9.72 Å². The molecule has 1 saturated heterocycles. The van der Waals surface area contributed by atoms with E-state index >= 15 is 0 Å². The number of rotatable bonds is 3. The standard InChI is InChI=1S/C16H15ClN2O3S/c17-14-2-1-12(9-15(14)19(21)22)16(20)18-6-3-11(4-7-18)13-5-8-23-10-13/h1-2,5,8-11H,3-4,6-7H2. The summed E-state index contributed by atoms with van der Waals surface area (Å²) in [7, 11) is 0. The second-order valence-corrected chi connectivity index (χ2v) is 6.73. The first kappa shape index (κ1) is 16.0. The molecule has 1 amide bonds. The van der Waals surface area contributed by atoms with Crippen LogP contribution in [0.3, 0.4) is 0 Å². The lowest BCUT2D eigenvalue weighted by atomic mass is 9.91. The fourth-order valence-corrected chi connectivity index (χ4v) is 3.82. The van der Waals surface area contributed by atoms with E-state index in [9.17, 15) is 14.9 Å². The van der Waals surface area contributed by atoms with Crippen LogP contribution in [0.15, 0.2) is 35.0 Å². The first-order chi connectivity index (χ1) is 11.1. The van der Waals surface area contributed by atoms with E-state index in [4.69, 9.17) is 11.6 Å². The molecule has 1 aromatic heterocycles. The third-order valence-corrected chi connectivity index (χ3v) is 5.21. The number of piperidine rings is 1. The Balaban J connectivity index is 1.70. The van der Waals surface area contributed by atoms with Gasteiger partial charge in [-0.15, -0.1) is 0 Å². The van der Waals surface area contributed by atoms with Crippen molar-refractivity contribution in [3.05, 3.63) is 61.3 Å². The summed E-state index contributed by atoms with van der Waals surface area (Å²) in [6.45, 7) is 1.32. The molecule has 23 heavy (non-hydrogen) atoms. The molecule has 0 atom stereocenters. The Morgan fingerprint density at radius 1 is 1.30 bits per heavy atom. The average Bonchev–Trinajstić information content (AvgIpc) is 3.09. The van der Waals surface area contributed by atoms with E-state index in [2.05, 4.69) is 16.8 Å². The lowest BCUT2D eigenvalue weighted by Crippen LogP contribution is -2.37. The van der Waals surface area contributed by atoms with Crippen LogP contribution in [0.25, 0.3) is 0 Å². The summed E-state index contributed by atoms with van der Waals surface area (Å²) in [5.41, 5.74) is 1.42. The van der Waals surface area contributed by atoms with Gasteiger partial charge in [0.25, 0.3) is 11.6 Å². The highest BCUT2D eigenvalue weighted by Gasteiger charge is 2.26. The molecule has 2 aromatic rings. The number of nitro groups is 1. The fraction of sp³-hybridized carbons (Fsp3) is 0.312. The third kappa shape index (κ3) is 3.38. The molecule has 0 saturated carbocycles. The van der Waals surface area contributed by atoms with Gasteiger partial charge in [0, 0.05) is 24.7 Å². The highest BCUT2D eigenvalue weighted by Crippen LogP contribution is 2.31. The maximum absolute atomic E-state index is 12.5. The normalized spacial score (nSPS) is 15.6. The van der Waals surface area contributed by atoms with Crippen LogP contribution in [0.2, 0.25) is 5.02 Å². The van der Waals surface area contributed by atoms with Gasteiger partial charge in [0.1, 0.15) is 5.02 Å². The Morgan fingerprint density at radius 3 is 2.65 bits per heavy atom. The van der Waals surface area contributed by atoms with Crippen molar-refractivity contribution in [3.63, 3.8) is 0 Å². The highest BCUT2D eigenvalue weighted by molar-refractivity contribution is 7.07. The number of thiophene rings is 1. The number of hydrogen-bond acceptors (Lipinski definition) is 4. The lowest BCUT2D eigenvalue weighted by molar-refractivity contribution is -0.384. The number of nitro benzene ring substituents is 1. The van der Waals surface area contributed by atoms with Gasteiger partial charge in [-0.25, -0.2) is 0 Å². The Labute approximate surface area is 142 Å². The zero-order valence-electron chi connectivity index (χ0n) is 12.3. The van der Waals surface area contributed by atoms with Crippen molar-refractivity contribution in [2.45, 2.75) is 18.8 Å². The quantitative estimate of drug-likeness (QED) is 0.611. The molecule has 0 radical (unpaired) electrons. The van der Waals surface area contributed by atoms with E-state index in [1.54, 1.807) is 22.3 Å². The largest absolute Gasteiger partial charge is 0.339 e. The average molecular weight is 351 g/mol. The number of halogens is 1. The van der Waals surface area contributed by atoms with Crippen LogP contribution in [0.4, 0.5) is 5.69 Å². The number of hydrogen-bond donors (Lipinski definition) is 0. The molecule has 3 rings (SSSR count). The van der Waals surface area contributed by atoms with Gasteiger partial charge in [0.05, 0.1) is 4.92 Å². The van der Waals surface area contributed by atoms with Crippen molar-refractivity contribution >= 4 is 34.5 Å². The maximum Gasteiger partial charge on any atom is 0.288 e. The molecule has 0 unspecified atom stereocenters. The molecule has 120 valence electrons. The fourth-order valence-electron chi connectivity index (χ4n) is 2.89. The van der Waals surface area contributed by atoms with Crippen molar-refractivity contribution in [1.29, 1.82) is 0 Å². The zero-order valence-corrected chi connectivity index (χ0v) is 13.8. The van der Waals surface area contributed by atoms with Crippen LogP contribution in [-0.2, 0) is 0 Å². The Hall–Kier alpha value is -1.92. The van der Waals surface area contributed by atoms with Crippen molar-refractivity contribution in [2.24, 2.45) is 0 Å². The summed E-state index contributed by atoms with van der Waals surface area (Å²) in [6.07, 6.45) is 1.83. The molecule has 0 aliphatic carbocycles. The first-order valence-electron chi connectivity index (χ1n) is 7.31. The van der Waals surface area contributed by atoms with E-state index in [1.165, 1.54) is 17.7 Å². The van der Waals surface area contributed by atoms with Gasteiger partial charge in [0.15, 0.2) is 0 Å². The smallest absolute Gasteiger partial charge is 0.288 e. The maximum atomic E-state index is 12.5. The van der Waals surface area contributed by atoms with E-state index in [-0.39, 0.29) is 16.6 Å². The minimum Gasteiger partial charge on any atom is -0.339 e. The minimum atomic E-state index is -0.568. The van der Waals surface area contributed by atoms with Crippen LogP contribution in [0.5, 0.6) is 0 Å². The minimum absolute atomic E-state index is 0.0442. The van der Waals surface area contributed by atoms with E-state index < -0.39 is 4.92 Å². The number of carbonyl (C=O) groups excluding carboxylic acids is 1. The predicted octanol–water partition coefficient (Wildman–Crippen LogP) is 4.33. The highest BCUT2D eigenvalue weighted by atomic mass is 35.5. The summed E-state index contributed by atoms with van der Waals surface area (Å²) in [5, 5.41) is 15.2. The molecule has 2 heterocycles. The molecule has 1 aromatic carbocycles. The number of benzene rings is 1. The molecule has 1 fully saturated rings.